The molecule has 21 heavy (non-hydrogen) atoms. The molecule has 1 heterocycles. The normalized spacial score (nSPS) is 13.3. The molecule has 0 aliphatic rings. The minimum Gasteiger partial charge on any atom is -0.347 e. The van der Waals surface area contributed by atoms with E-state index in [0.29, 0.717) is 17.9 Å². The molecule has 2 rings (SSSR count). The number of imidazole rings is 1. The first-order chi connectivity index (χ1) is 9.85. The van der Waals surface area contributed by atoms with Gasteiger partial charge >= 0.3 is 0 Å². The van der Waals surface area contributed by atoms with E-state index in [-0.39, 0.29) is 4.90 Å². The zero-order chi connectivity index (χ0) is 15.6. The van der Waals surface area contributed by atoms with E-state index in [1.54, 1.807) is 32.3 Å². The number of nitrogens with two attached hydrogens (primary N) is 1. The molecule has 0 radical (unpaired) electrons. The molecule has 0 aliphatic carbocycles. The van der Waals surface area contributed by atoms with Gasteiger partial charge in [-0.25, -0.2) is 18.1 Å². The Labute approximate surface area is 124 Å². The Bertz CT molecular complexity index is 724. The average molecular weight is 308 g/mol. The largest absolute Gasteiger partial charge is 0.347 e. The van der Waals surface area contributed by atoms with Gasteiger partial charge in [-0.3, -0.25) is 0 Å². The Kier molecular flexibility index (Phi) is 4.46. The highest BCUT2D eigenvalue weighted by Gasteiger charge is 2.22. The van der Waals surface area contributed by atoms with Crippen molar-refractivity contribution in [1.82, 2.24) is 14.7 Å². The molecule has 0 spiro atoms. The molecule has 7 heteroatoms. The number of nitrogens with zero attached hydrogens (tertiary/aromatic N) is 1. The van der Waals surface area contributed by atoms with Crippen molar-refractivity contribution >= 4 is 10.0 Å². The Morgan fingerprint density at radius 3 is 2.62 bits per heavy atom. The summed E-state index contributed by atoms with van der Waals surface area (Å²) in [6.07, 6.45) is 3.24. The topological polar surface area (TPSA) is 101 Å². The van der Waals surface area contributed by atoms with Crippen molar-refractivity contribution in [1.29, 1.82) is 0 Å². The second-order valence-electron chi connectivity index (χ2n) is 5.07. The predicted octanol–water partition coefficient (Wildman–Crippen LogP) is 1.52. The van der Waals surface area contributed by atoms with E-state index in [4.69, 9.17) is 5.73 Å². The molecule has 0 bridgehead atoms. The molecule has 4 N–H and O–H groups in total. The van der Waals surface area contributed by atoms with Crippen molar-refractivity contribution in [3.63, 3.8) is 0 Å². The van der Waals surface area contributed by atoms with Gasteiger partial charge in [0.1, 0.15) is 5.82 Å². The maximum atomic E-state index is 12.5. The van der Waals surface area contributed by atoms with Crippen LogP contribution in [0.2, 0.25) is 0 Å². The van der Waals surface area contributed by atoms with Crippen LogP contribution in [0.25, 0.3) is 0 Å². The van der Waals surface area contributed by atoms with Crippen molar-refractivity contribution in [3.05, 3.63) is 47.0 Å². The van der Waals surface area contributed by atoms with Gasteiger partial charge < -0.3 is 10.7 Å². The Hall–Kier alpha value is -1.70. The van der Waals surface area contributed by atoms with E-state index < -0.39 is 16.1 Å². The minimum atomic E-state index is -3.63. The molecule has 1 unspecified atom stereocenters. The van der Waals surface area contributed by atoms with Crippen molar-refractivity contribution in [2.75, 3.05) is 0 Å². The number of hydrogen-bond donors (Lipinski definition) is 3. The highest BCUT2D eigenvalue weighted by atomic mass is 32.2. The first-order valence-corrected chi connectivity index (χ1v) is 8.15. The molecular formula is C14H20N4O2S. The van der Waals surface area contributed by atoms with Crippen LogP contribution in [-0.2, 0) is 16.6 Å². The van der Waals surface area contributed by atoms with Crippen LogP contribution < -0.4 is 10.5 Å². The Morgan fingerprint density at radius 1 is 1.33 bits per heavy atom. The predicted molar refractivity (Wildman–Crippen MR) is 81.1 cm³/mol. The zero-order valence-corrected chi connectivity index (χ0v) is 13.2. The van der Waals surface area contributed by atoms with E-state index in [1.165, 1.54) is 0 Å². The van der Waals surface area contributed by atoms with Crippen LogP contribution >= 0.6 is 0 Å². The van der Waals surface area contributed by atoms with Gasteiger partial charge in [0.2, 0.25) is 10.0 Å². The standard InChI is InChI=1S/C14H20N4O2S/c1-9-6-10(2)13(7-12(9)8-15)21(19,20)18-11(3)14-16-4-5-17-14/h4-7,11,18H,8,15H2,1-3H3,(H,16,17). The molecule has 114 valence electrons. The van der Waals surface area contributed by atoms with Crippen LogP contribution in [0.5, 0.6) is 0 Å². The number of aromatic amines is 1. The quantitative estimate of drug-likeness (QED) is 0.779. The van der Waals surface area contributed by atoms with Crippen LogP contribution in [0, 0.1) is 13.8 Å². The molecule has 0 saturated heterocycles. The maximum Gasteiger partial charge on any atom is 0.241 e. The van der Waals surface area contributed by atoms with Crippen molar-refractivity contribution in [2.24, 2.45) is 5.73 Å². The average Bonchev–Trinajstić information content (AvgIpc) is 2.91. The maximum absolute atomic E-state index is 12.5. The van der Waals surface area contributed by atoms with E-state index in [0.717, 1.165) is 11.1 Å². The molecule has 6 nitrogen and oxygen atoms in total. The molecule has 0 amide bonds. The van der Waals surface area contributed by atoms with Gasteiger partial charge in [-0.05, 0) is 43.5 Å². The van der Waals surface area contributed by atoms with Crippen LogP contribution in [0.4, 0.5) is 0 Å². The SMILES string of the molecule is Cc1cc(C)c(S(=O)(=O)NC(C)c2ncc[nH]2)cc1CN. The van der Waals surface area contributed by atoms with Gasteiger partial charge in [-0.1, -0.05) is 6.07 Å². The number of aromatic nitrogens is 2. The summed E-state index contributed by atoms with van der Waals surface area (Å²) in [7, 11) is -3.63. The number of sulfonamides is 1. The molecule has 1 aromatic carbocycles. The van der Waals surface area contributed by atoms with Gasteiger partial charge in [0.15, 0.2) is 0 Å². The summed E-state index contributed by atoms with van der Waals surface area (Å²) in [6, 6.07) is 3.04. The summed E-state index contributed by atoms with van der Waals surface area (Å²) in [5, 5.41) is 0. The second kappa shape index (κ2) is 5.97. The van der Waals surface area contributed by atoms with Crippen LogP contribution in [0.15, 0.2) is 29.4 Å². The number of hydrogen-bond acceptors (Lipinski definition) is 4. The third-order valence-electron chi connectivity index (χ3n) is 3.40. The summed E-state index contributed by atoms with van der Waals surface area (Å²) >= 11 is 0. The Balaban J connectivity index is 2.36. The first kappa shape index (κ1) is 15.7. The van der Waals surface area contributed by atoms with Crippen molar-refractivity contribution in [3.8, 4) is 0 Å². The fourth-order valence-electron chi connectivity index (χ4n) is 2.25. The monoisotopic (exact) mass is 308 g/mol. The third-order valence-corrected chi connectivity index (χ3v) is 5.09. The summed E-state index contributed by atoms with van der Waals surface area (Å²) in [6.45, 7) is 5.75. The number of nitrogens with one attached hydrogen (secondary N) is 2. The highest BCUT2D eigenvalue weighted by Crippen LogP contribution is 2.22. The molecule has 2 aromatic rings. The molecule has 0 fully saturated rings. The van der Waals surface area contributed by atoms with Gasteiger partial charge in [-0.15, -0.1) is 0 Å². The lowest BCUT2D eigenvalue weighted by Gasteiger charge is -2.15. The summed E-state index contributed by atoms with van der Waals surface area (Å²) < 4.78 is 27.7. The van der Waals surface area contributed by atoms with E-state index in [9.17, 15) is 8.42 Å². The van der Waals surface area contributed by atoms with E-state index in [2.05, 4.69) is 14.7 Å². The lowest BCUT2D eigenvalue weighted by Crippen LogP contribution is -2.28. The van der Waals surface area contributed by atoms with Crippen molar-refractivity contribution < 1.29 is 8.42 Å². The van der Waals surface area contributed by atoms with Crippen molar-refractivity contribution in [2.45, 2.75) is 38.3 Å². The summed E-state index contributed by atoms with van der Waals surface area (Å²) in [5.74, 6) is 0.572. The Morgan fingerprint density at radius 2 is 2.05 bits per heavy atom. The lowest BCUT2D eigenvalue weighted by molar-refractivity contribution is 0.560. The molecule has 0 saturated carbocycles. The van der Waals surface area contributed by atoms with Crippen LogP contribution in [0.1, 0.15) is 35.5 Å². The summed E-state index contributed by atoms with van der Waals surface area (Å²) in [5.41, 5.74) is 8.18. The molecule has 1 aromatic heterocycles. The van der Waals surface area contributed by atoms with E-state index >= 15 is 0 Å². The van der Waals surface area contributed by atoms with Gasteiger partial charge in [0.05, 0.1) is 10.9 Å². The van der Waals surface area contributed by atoms with Gasteiger partial charge in [0, 0.05) is 18.9 Å². The summed E-state index contributed by atoms with van der Waals surface area (Å²) in [4.78, 5) is 7.22. The lowest BCUT2D eigenvalue weighted by atomic mass is 10.1. The molecule has 1 atom stereocenters. The number of H-pyrrole nitrogens is 1. The fraction of sp³-hybridized carbons (Fsp3) is 0.357. The number of aryl methyl sites for hydroxylation is 2. The van der Waals surface area contributed by atoms with E-state index in [1.807, 2.05) is 13.0 Å². The van der Waals surface area contributed by atoms with Gasteiger partial charge in [0.25, 0.3) is 0 Å². The minimum absolute atomic E-state index is 0.256. The van der Waals surface area contributed by atoms with Crippen LogP contribution in [-0.4, -0.2) is 18.4 Å². The van der Waals surface area contributed by atoms with Gasteiger partial charge in [-0.2, -0.15) is 0 Å². The third kappa shape index (κ3) is 3.31. The van der Waals surface area contributed by atoms with Crippen LogP contribution in [0.3, 0.4) is 0 Å². The fourth-order valence-corrected chi connectivity index (χ4v) is 3.73. The molecular weight excluding hydrogens is 288 g/mol. The number of rotatable bonds is 5. The molecule has 0 aliphatic heterocycles. The first-order valence-electron chi connectivity index (χ1n) is 6.67. The highest BCUT2D eigenvalue weighted by molar-refractivity contribution is 7.89. The zero-order valence-electron chi connectivity index (χ0n) is 12.3. The number of benzene rings is 1. The smallest absolute Gasteiger partial charge is 0.241 e. The second-order valence-corrected chi connectivity index (χ2v) is 6.75.